The molecule has 3 aromatic rings. The second-order valence-corrected chi connectivity index (χ2v) is 7.14. The minimum absolute atomic E-state index is 0.145. The Balaban J connectivity index is 1.57. The third kappa shape index (κ3) is 3.45. The molecule has 9 nitrogen and oxygen atoms in total. The van der Waals surface area contributed by atoms with Crippen molar-refractivity contribution >= 4 is 16.6 Å². The van der Waals surface area contributed by atoms with E-state index in [-0.39, 0.29) is 28.5 Å². The Morgan fingerprint density at radius 2 is 2.17 bits per heavy atom. The second kappa shape index (κ2) is 7.39. The Morgan fingerprint density at radius 1 is 1.34 bits per heavy atom. The predicted molar refractivity (Wildman–Crippen MR) is 107 cm³/mol. The fourth-order valence-corrected chi connectivity index (χ4v) is 3.70. The zero-order chi connectivity index (χ0) is 20.5. The van der Waals surface area contributed by atoms with Crippen molar-refractivity contribution in [2.24, 2.45) is 13.0 Å². The van der Waals surface area contributed by atoms with Crippen molar-refractivity contribution in [2.75, 3.05) is 25.1 Å². The Labute approximate surface area is 166 Å². The largest absolute Gasteiger partial charge is 0.480 e. The highest BCUT2D eigenvalue weighted by molar-refractivity contribution is 5.79. The van der Waals surface area contributed by atoms with Gasteiger partial charge in [0.05, 0.1) is 29.9 Å². The SMILES string of the molecule is COc1nc2ccn(C[C@@H]3CCN(c4cnn(C)c(=O)c4)C3)c(=O)c2cc1C#N. The van der Waals surface area contributed by atoms with E-state index in [4.69, 9.17) is 4.74 Å². The molecule has 1 saturated heterocycles. The maximum absolute atomic E-state index is 12.9. The normalized spacial score (nSPS) is 16.2. The van der Waals surface area contributed by atoms with Gasteiger partial charge in [-0.3, -0.25) is 9.59 Å². The Bertz CT molecular complexity index is 1240. The molecule has 1 atom stereocenters. The monoisotopic (exact) mass is 392 g/mol. The number of fused-ring (bicyclic) bond motifs is 1. The van der Waals surface area contributed by atoms with E-state index in [2.05, 4.69) is 15.0 Å². The van der Waals surface area contributed by atoms with E-state index in [1.165, 1.54) is 17.9 Å². The summed E-state index contributed by atoms with van der Waals surface area (Å²) in [6.45, 7) is 2.10. The molecule has 1 aliphatic rings. The average molecular weight is 392 g/mol. The molecule has 4 rings (SSSR count). The number of pyridine rings is 2. The molecule has 0 radical (unpaired) electrons. The summed E-state index contributed by atoms with van der Waals surface area (Å²) >= 11 is 0. The minimum Gasteiger partial charge on any atom is -0.480 e. The van der Waals surface area contributed by atoms with Crippen LogP contribution in [0.4, 0.5) is 5.69 Å². The number of hydrogen-bond donors (Lipinski definition) is 0. The first-order valence-electron chi connectivity index (χ1n) is 9.26. The van der Waals surface area contributed by atoms with Crippen molar-refractivity contribution in [2.45, 2.75) is 13.0 Å². The molecular weight excluding hydrogens is 372 g/mol. The molecule has 0 saturated carbocycles. The van der Waals surface area contributed by atoms with Crippen LogP contribution in [0.15, 0.2) is 40.2 Å². The van der Waals surface area contributed by atoms with Crippen LogP contribution in [-0.2, 0) is 13.6 Å². The van der Waals surface area contributed by atoms with Crippen molar-refractivity contribution in [3.8, 4) is 11.9 Å². The van der Waals surface area contributed by atoms with Gasteiger partial charge in [-0.25, -0.2) is 9.67 Å². The lowest BCUT2D eigenvalue weighted by Gasteiger charge is -2.18. The van der Waals surface area contributed by atoms with E-state index in [0.29, 0.717) is 17.4 Å². The fraction of sp³-hybridized carbons (Fsp3) is 0.350. The van der Waals surface area contributed by atoms with Crippen LogP contribution < -0.4 is 20.8 Å². The Kier molecular flexibility index (Phi) is 4.76. The number of hydrogen-bond acceptors (Lipinski definition) is 7. The highest BCUT2D eigenvalue weighted by Gasteiger charge is 2.24. The van der Waals surface area contributed by atoms with Crippen LogP contribution in [0.2, 0.25) is 0 Å². The highest BCUT2D eigenvalue weighted by Crippen LogP contribution is 2.24. The lowest BCUT2D eigenvalue weighted by atomic mass is 10.1. The van der Waals surface area contributed by atoms with Crippen molar-refractivity contribution in [3.63, 3.8) is 0 Å². The molecule has 3 aromatic heterocycles. The van der Waals surface area contributed by atoms with Gasteiger partial charge in [0, 0.05) is 38.9 Å². The first-order valence-corrected chi connectivity index (χ1v) is 9.26. The summed E-state index contributed by atoms with van der Waals surface area (Å²) in [5, 5.41) is 13.7. The van der Waals surface area contributed by atoms with Gasteiger partial charge < -0.3 is 14.2 Å². The summed E-state index contributed by atoms with van der Waals surface area (Å²) in [4.78, 5) is 31.1. The van der Waals surface area contributed by atoms with Crippen molar-refractivity contribution < 1.29 is 4.74 Å². The summed E-state index contributed by atoms with van der Waals surface area (Å²) in [7, 11) is 3.06. The van der Waals surface area contributed by atoms with Gasteiger partial charge in [0.1, 0.15) is 11.6 Å². The second-order valence-electron chi connectivity index (χ2n) is 7.14. The maximum Gasteiger partial charge on any atom is 0.268 e. The molecule has 0 spiro atoms. The van der Waals surface area contributed by atoms with Gasteiger partial charge in [-0.1, -0.05) is 0 Å². The van der Waals surface area contributed by atoms with E-state index in [1.807, 2.05) is 6.07 Å². The van der Waals surface area contributed by atoms with Gasteiger partial charge in [0.25, 0.3) is 11.1 Å². The van der Waals surface area contributed by atoms with E-state index in [9.17, 15) is 14.9 Å². The molecule has 0 amide bonds. The van der Waals surface area contributed by atoms with Crippen molar-refractivity contribution in [3.05, 3.63) is 56.9 Å². The molecule has 0 aliphatic carbocycles. The Hall–Kier alpha value is -3.67. The predicted octanol–water partition coefficient (Wildman–Crippen LogP) is 0.897. The summed E-state index contributed by atoms with van der Waals surface area (Å²) in [6, 6.07) is 6.89. The van der Waals surface area contributed by atoms with Crippen LogP contribution in [0, 0.1) is 17.2 Å². The van der Waals surface area contributed by atoms with E-state index in [1.54, 1.807) is 36.1 Å². The van der Waals surface area contributed by atoms with Gasteiger partial charge in [0.2, 0.25) is 5.88 Å². The number of aromatic nitrogens is 4. The van der Waals surface area contributed by atoms with E-state index < -0.39 is 0 Å². The molecule has 1 aliphatic heterocycles. The highest BCUT2D eigenvalue weighted by atomic mass is 16.5. The van der Waals surface area contributed by atoms with Gasteiger partial charge in [-0.2, -0.15) is 10.4 Å². The van der Waals surface area contributed by atoms with Crippen molar-refractivity contribution in [1.29, 1.82) is 5.26 Å². The minimum atomic E-state index is -0.178. The zero-order valence-corrected chi connectivity index (χ0v) is 16.2. The van der Waals surface area contributed by atoms with Crippen LogP contribution >= 0.6 is 0 Å². The number of nitriles is 1. The molecule has 0 bridgehead atoms. The van der Waals surface area contributed by atoms with E-state index in [0.717, 1.165) is 25.2 Å². The number of rotatable bonds is 4. The summed E-state index contributed by atoms with van der Waals surface area (Å²) < 4.78 is 8.07. The lowest BCUT2D eigenvalue weighted by Crippen LogP contribution is -2.27. The van der Waals surface area contributed by atoms with Crippen molar-refractivity contribution in [1.82, 2.24) is 19.3 Å². The summed E-state index contributed by atoms with van der Waals surface area (Å²) in [6.07, 6.45) is 4.32. The molecule has 1 fully saturated rings. The topological polar surface area (TPSA) is 106 Å². The van der Waals surface area contributed by atoms with Gasteiger partial charge in [-0.15, -0.1) is 0 Å². The smallest absolute Gasteiger partial charge is 0.268 e. The van der Waals surface area contributed by atoms with Crippen LogP contribution in [0.5, 0.6) is 5.88 Å². The first-order chi connectivity index (χ1) is 14.0. The number of nitrogens with zero attached hydrogens (tertiary/aromatic N) is 6. The third-order valence-electron chi connectivity index (χ3n) is 5.29. The number of methoxy groups -OCH3 is 1. The van der Waals surface area contributed by atoms with Gasteiger partial charge >= 0.3 is 0 Å². The molecule has 148 valence electrons. The Morgan fingerprint density at radius 3 is 2.90 bits per heavy atom. The van der Waals surface area contributed by atoms with Crippen LogP contribution in [-0.4, -0.2) is 39.5 Å². The van der Waals surface area contributed by atoms with E-state index >= 15 is 0 Å². The molecule has 29 heavy (non-hydrogen) atoms. The van der Waals surface area contributed by atoms with Crippen LogP contribution in [0.3, 0.4) is 0 Å². The van der Waals surface area contributed by atoms with Crippen LogP contribution in [0.1, 0.15) is 12.0 Å². The van der Waals surface area contributed by atoms with Gasteiger partial charge in [-0.05, 0) is 24.5 Å². The number of aryl methyl sites for hydroxylation is 1. The molecule has 9 heteroatoms. The standard InChI is InChI=1S/C20H20N6O3/c1-24-18(27)8-15(10-22-24)25-5-3-13(11-25)12-26-6-4-17-16(20(26)28)7-14(9-21)19(23-17)29-2/h4,6-8,10,13H,3,5,11-12H2,1-2H3/t13-/m1/s1. The summed E-state index contributed by atoms with van der Waals surface area (Å²) in [5.74, 6) is 0.474. The zero-order valence-electron chi connectivity index (χ0n) is 16.2. The molecule has 0 aromatic carbocycles. The number of anilines is 1. The first kappa shape index (κ1) is 18.7. The summed E-state index contributed by atoms with van der Waals surface area (Å²) in [5.41, 5.74) is 1.22. The van der Waals surface area contributed by atoms with Gasteiger partial charge in [0.15, 0.2) is 0 Å². The number of ether oxygens (including phenoxy) is 1. The van der Waals surface area contributed by atoms with Crippen LogP contribution in [0.25, 0.3) is 10.9 Å². The molecule has 4 heterocycles. The molecule has 0 unspecified atom stereocenters. The fourth-order valence-electron chi connectivity index (χ4n) is 3.70. The molecular formula is C20H20N6O3. The maximum atomic E-state index is 12.9. The molecule has 0 N–H and O–H groups in total. The third-order valence-corrected chi connectivity index (χ3v) is 5.29. The average Bonchev–Trinajstić information content (AvgIpc) is 3.20. The lowest BCUT2D eigenvalue weighted by molar-refractivity contribution is 0.398. The quantitative estimate of drug-likeness (QED) is 0.649.